The smallest absolute Gasteiger partial charge is 0.132 e. The largest absolute Gasteiger partial charge is 0.378 e. The van der Waals surface area contributed by atoms with Crippen LogP contribution in [-0.4, -0.2) is 37.8 Å². The Morgan fingerprint density at radius 3 is 2.59 bits per heavy atom. The molecule has 0 atom stereocenters. The lowest BCUT2D eigenvalue weighted by Gasteiger charge is -2.30. The van der Waals surface area contributed by atoms with Crippen molar-refractivity contribution in [1.82, 2.24) is 4.98 Å². The molecule has 0 bridgehead atoms. The lowest BCUT2D eigenvalue weighted by Crippen LogP contribution is -2.37. The molecule has 0 aliphatic carbocycles. The molecule has 0 radical (unpaired) electrons. The van der Waals surface area contributed by atoms with E-state index in [0.29, 0.717) is 6.54 Å². The molecule has 1 saturated heterocycles. The van der Waals surface area contributed by atoms with Crippen LogP contribution in [0.15, 0.2) is 18.2 Å². The lowest BCUT2D eigenvalue weighted by molar-refractivity contribution is 0.122. The highest BCUT2D eigenvalue weighted by atomic mass is 16.5. The zero-order valence-electron chi connectivity index (χ0n) is 13.6. The Hall–Kier alpha value is -1.65. The molecule has 2 N–H and O–H groups in total. The molecule has 2 heterocycles. The summed E-state index contributed by atoms with van der Waals surface area (Å²) < 4.78 is 5.48. The predicted molar refractivity (Wildman–Crippen MR) is 91.6 cm³/mol. The van der Waals surface area contributed by atoms with Gasteiger partial charge in [0.05, 0.1) is 18.7 Å². The van der Waals surface area contributed by atoms with Crippen molar-refractivity contribution in [3.05, 3.63) is 34.9 Å². The van der Waals surface area contributed by atoms with Crippen LogP contribution in [0.25, 0.3) is 10.9 Å². The minimum Gasteiger partial charge on any atom is -0.378 e. The molecular formula is C18H25N3O. The van der Waals surface area contributed by atoms with E-state index < -0.39 is 0 Å². The van der Waals surface area contributed by atoms with Crippen molar-refractivity contribution in [2.75, 3.05) is 37.7 Å². The van der Waals surface area contributed by atoms with Crippen LogP contribution in [0.2, 0.25) is 0 Å². The Balaban J connectivity index is 2.07. The van der Waals surface area contributed by atoms with Gasteiger partial charge in [-0.15, -0.1) is 0 Å². The zero-order chi connectivity index (χ0) is 15.5. The number of anilines is 1. The Labute approximate surface area is 132 Å². The van der Waals surface area contributed by atoms with Gasteiger partial charge in [0.15, 0.2) is 0 Å². The minimum atomic E-state index is 0.716. The third-order valence-corrected chi connectivity index (χ3v) is 4.45. The van der Waals surface area contributed by atoms with Crippen molar-refractivity contribution in [2.24, 2.45) is 5.73 Å². The number of hydrogen-bond donors (Lipinski definition) is 1. The summed E-state index contributed by atoms with van der Waals surface area (Å²) in [4.78, 5) is 7.33. The number of benzene rings is 1. The third kappa shape index (κ3) is 3.08. The van der Waals surface area contributed by atoms with Crippen LogP contribution < -0.4 is 10.6 Å². The molecule has 3 rings (SSSR count). The second kappa shape index (κ2) is 6.63. The first-order valence-electron chi connectivity index (χ1n) is 8.12. The summed E-state index contributed by atoms with van der Waals surface area (Å²) in [5.74, 6) is 1.12. The van der Waals surface area contributed by atoms with Crippen LogP contribution >= 0.6 is 0 Å². The van der Waals surface area contributed by atoms with E-state index in [1.54, 1.807) is 0 Å². The van der Waals surface area contributed by atoms with Crippen LogP contribution in [0.5, 0.6) is 0 Å². The molecule has 1 aliphatic rings. The highest BCUT2D eigenvalue weighted by Crippen LogP contribution is 2.27. The summed E-state index contributed by atoms with van der Waals surface area (Å²) in [5.41, 5.74) is 10.7. The topological polar surface area (TPSA) is 51.4 Å². The number of aryl methyl sites for hydroxylation is 3. The Morgan fingerprint density at radius 1 is 1.14 bits per heavy atom. The highest BCUT2D eigenvalue weighted by Gasteiger charge is 2.17. The van der Waals surface area contributed by atoms with Gasteiger partial charge in [0.25, 0.3) is 0 Å². The van der Waals surface area contributed by atoms with Gasteiger partial charge in [0.1, 0.15) is 5.82 Å². The van der Waals surface area contributed by atoms with Crippen LogP contribution in [0.4, 0.5) is 5.82 Å². The minimum absolute atomic E-state index is 0.716. The molecule has 1 aromatic heterocycles. The predicted octanol–water partition coefficient (Wildman–Crippen LogP) is 2.58. The maximum atomic E-state index is 5.71. The molecule has 4 heteroatoms. The number of ether oxygens (including phenoxy) is 1. The van der Waals surface area contributed by atoms with Crippen LogP contribution in [0.3, 0.4) is 0 Å². The molecular weight excluding hydrogens is 274 g/mol. The van der Waals surface area contributed by atoms with Crippen molar-refractivity contribution in [3.63, 3.8) is 0 Å². The maximum Gasteiger partial charge on any atom is 0.132 e. The van der Waals surface area contributed by atoms with Crippen molar-refractivity contribution in [3.8, 4) is 0 Å². The van der Waals surface area contributed by atoms with Gasteiger partial charge < -0.3 is 15.4 Å². The number of rotatable bonds is 4. The quantitative estimate of drug-likeness (QED) is 0.943. The monoisotopic (exact) mass is 299 g/mol. The van der Waals surface area contributed by atoms with Crippen LogP contribution in [0, 0.1) is 13.8 Å². The van der Waals surface area contributed by atoms with Gasteiger partial charge in [-0.25, -0.2) is 4.98 Å². The zero-order valence-corrected chi connectivity index (χ0v) is 13.6. The van der Waals surface area contributed by atoms with Gasteiger partial charge in [0.2, 0.25) is 0 Å². The molecule has 0 unspecified atom stereocenters. The highest BCUT2D eigenvalue weighted by molar-refractivity contribution is 5.83. The first kappa shape index (κ1) is 15.3. The maximum absolute atomic E-state index is 5.71. The van der Waals surface area contributed by atoms with E-state index in [1.165, 1.54) is 22.1 Å². The number of pyridine rings is 1. The van der Waals surface area contributed by atoms with E-state index in [1.807, 2.05) is 0 Å². The number of hydrogen-bond acceptors (Lipinski definition) is 4. The summed E-state index contributed by atoms with van der Waals surface area (Å²) in [6, 6.07) is 6.74. The molecule has 1 aliphatic heterocycles. The Bertz CT molecular complexity index is 663. The van der Waals surface area contributed by atoms with Gasteiger partial charge in [-0.1, -0.05) is 0 Å². The summed E-state index contributed by atoms with van der Waals surface area (Å²) in [6.07, 6.45) is 1.98. The lowest BCUT2D eigenvalue weighted by atomic mass is 10.0. The fourth-order valence-corrected chi connectivity index (χ4v) is 3.00. The number of morpholine rings is 1. The van der Waals surface area contributed by atoms with Gasteiger partial charge in [0, 0.05) is 18.5 Å². The van der Waals surface area contributed by atoms with E-state index in [4.69, 9.17) is 15.5 Å². The number of aromatic nitrogens is 1. The molecule has 1 fully saturated rings. The number of nitrogens with two attached hydrogens (primary N) is 1. The molecule has 22 heavy (non-hydrogen) atoms. The average Bonchev–Trinajstić information content (AvgIpc) is 2.54. The number of nitrogens with zero attached hydrogens (tertiary/aromatic N) is 2. The van der Waals surface area contributed by atoms with Crippen molar-refractivity contribution < 1.29 is 4.74 Å². The first-order chi connectivity index (χ1) is 10.7. The van der Waals surface area contributed by atoms with E-state index in [-0.39, 0.29) is 0 Å². The van der Waals surface area contributed by atoms with Gasteiger partial charge in [-0.05, 0) is 68.1 Å². The normalized spacial score (nSPS) is 15.5. The third-order valence-electron chi connectivity index (χ3n) is 4.45. The van der Waals surface area contributed by atoms with E-state index >= 15 is 0 Å². The second-order valence-electron chi connectivity index (χ2n) is 6.09. The Kier molecular flexibility index (Phi) is 4.60. The van der Waals surface area contributed by atoms with E-state index in [9.17, 15) is 0 Å². The summed E-state index contributed by atoms with van der Waals surface area (Å²) in [7, 11) is 0. The Morgan fingerprint density at radius 2 is 1.86 bits per heavy atom. The summed E-state index contributed by atoms with van der Waals surface area (Å²) in [6.45, 7) is 8.41. The average molecular weight is 299 g/mol. The van der Waals surface area contributed by atoms with E-state index in [0.717, 1.165) is 50.5 Å². The fourth-order valence-electron chi connectivity index (χ4n) is 3.00. The van der Waals surface area contributed by atoms with Crippen LogP contribution in [0.1, 0.15) is 23.1 Å². The van der Waals surface area contributed by atoms with Gasteiger partial charge >= 0.3 is 0 Å². The molecule has 1 aromatic carbocycles. The number of fused-ring (bicyclic) bond motifs is 1. The SMILES string of the molecule is Cc1cc2cc(CCCN)c(N3CCOCC3)nc2cc1C. The van der Waals surface area contributed by atoms with Crippen LogP contribution in [-0.2, 0) is 11.2 Å². The second-order valence-corrected chi connectivity index (χ2v) is 6.09. The van der Waals surface area contributed by atoms with Crippen molar-refractivity contribution in [1.29, 1.82) is 0 Å². The van der Waals surface area contributed by atoms with Crippen molar-refractivity contribution in [2.45, 2.75) is 26.7 Å². The fraction of sp³-hybridized carbons (Fsp3) is 0.500. The van der Waals surface area contributed by atoms with Crippen molar-refractivity contribution >= 4 is 16.7 Å². The molecule has 2 aromatic rings. The molecule has 118 valence electrons. The molecule has 0 spiro atoms. The van der Waals surface area contributed by atoms with Gasteiger partial charge in [-0.3, -0.25) is 0 Å². The van der Waals surface area contributed by atoms with Gasteiger partial charge in [-0.2, -0.15) is 0 Å². The molecule has 4 nitrogen and oxygen atoms in total. The molecule has 0 saturated carbocycles. The standard InChI is InChI=1S/C18H25N3O/c1-13-10-16-12-15(4-3-5-19)18(20-17(16)11-14(13)2)21-6-8-22-9-7-21/h10-12H,3-9,19H2,1-2H3. The summed E-state index contributed by atoms with van der Waals surface area (Å²) >= 11 is 0. The first-order valence-corrected chi connectivity index (χ1v) is 8.12. The molecule has 0 amide bonds. The summed E-state index contributed by atoms with van der Waals surface area (Å²) in [5, 5.41) is 1.23. The van der Waals surface area contributed by atoms with E-state index in [2.05, 4.69) is 36.9 Å².